The number of hydrogen-bond donors (Lipinski definition) is 2. The zero-order valence-corrected chi connectivity index (χ0v) is 16.9. The van der Waals surface area contributed by atoms with Gasteiger partial charge in [0.05, 0.1) is 4.92 Å². The van der Waals surface area contributed by atoms with Crippen LogP contribution in [0.3, 0.4) is 0 Å². The van der Waals surface area contributed by atoms with Gasteiger partial charge >= 0.3 is 0 Å². The third kappa shape index (κ3) is 5.34. The van der Waals surface area contributed by atoms with Crippen molar-refractivity contribution in [3.63, 3.8) is 0 Å². The van der Waals surface area contributed by atoms with Gasteiger partial charge in [0.1, 0.15) is 6.17 Å². The van der Waals surface area contributed by atoms with Crippen molar-refractivity contribution >= 4 is 40.7 Å². The zero-order chi connectivity index (χ0) is 21.7. The van der Waals surface area contributed by atoms with Crippen LogP contribution in [0, 0.1) is 10.1 Å². The summed E-state index contributed by atoms with van der Waals surface area (Å²) in [5.41, 5.74) is 0.700. The van der Waals surface area contributed by atoms with Crippen molar-refractivity contribution in [1.29, 1.82) is 0 Å². The topological polar surface area (TPSA) is 101 Å². The summed E-state index contributed by atoms with van der Waals surface area (Å²) in [7, 11) is 0. The Morgan fingerprint density at radius 2 is 1.30 bits per heavy atom. The van der Waals surface area contributed by atoms with Gasteiger partial charge in [0.15, 0.2) is 0 Å². The van der Waals surface area contributed by atoms with Gasteiger partial charge in [0.25, 0.3) is 17.5 Å². The van der Waals surface area contributed by atoms with Gasteiger partial charge in [-0.3, -0.25) is 19.7 Å². The summed E-state index contributed by atoms with van der Waals surface area (Å²) in [6, 6.07) is 18.2. The maximum Gasteiger partial charge on any atom is 0.269 e. The number of nitro groups is 1. The number of hydrogen-bond acceptors (Lipinski definition) is 4. The Bertz CT molecular complexity index is 1060. The number of nitrogens with zero attached hydrogens (tertiary/aromatic N) is 1. The maximum absolute atomic E-state index is 12.7. The molecule has 0 fully saturated rings. The number of rotatable bonds is 6. The summed E-state index contributed by atoms with van der Waals surface area (Å²) in [4.78, 5) is 36.0. The average molecular weight is 444 g/mol. The molecule has 30 heavy (non-hydrogen) atoms. The van der Waals surface area contributed by atoms with E-state index in [1.165, 1.54) is 30.3 Å². The van der Waals surface area contributed by atoms with Crippen molar-refractivity contribution in [3.8, 4) is 0 Å². The second-order valence-corrected chi connectivity index (χ2v) is 7.13. The second kappa shape index (κ2) is 9.39. The van der Waals surface area contributed by atoms with Gasteiger partial charge in [-0.2, -0.15) is 0 Å². The minimum absolute atomic E-state index is 0.175. The molecule has 3 rings (SSSR count). The van der Waals surface area contributed by atoms with E-state index in [2.05, 4.69) is 10.6 Å². The van der Waals surface area contributed by atoms with Gasteiger partial charge in [0, 0.05) is 38.9 Å². The number of nitrogens with one attached hydrogen (secondary N) is 2. The lowest BCUT2D eigenvalue weighted by Gasteiger charge is -2.21. The van der Waals surface area contributed by atoms with Crippen LogP contribution < -0.4 is 10.6 Å². The van der Waals surface area contributed by atoms with Crippen LogP contribution in [-0.2, 0) is 0 Å². The SMILES string of the molecule is O=C(NC(NC(=O)c1cccc(Cl)c1)c1cccc([N+](=O)[O-])c1)c1cccc(Cl)c1. The number of nitro benzene ring substituents is 1. The quantitative estimate of drug-likeness (QED) is 0.325. The molecule has 0 aromatic heterocycles. The first kappa shape index (κ1) is 21.3. The molecule has 0 heterocycles. The summed E-state index contributed by atoms with van der Waals surface area (Å²) < 4.78 is 0. The lowest BCUT2D eigenvalue weighted by Crippen LogP contribution is -2.41. The standard InChI is InChI=1S/C21H15Cl2N3O4/c22-16-7-1-5-14(10-16)20(27)24-19(13-4-3-9-18(12-13)26(29)30)25-21(28)15-6-2-8-17(23)11-15/h1-12,19H,(H,24,27)(H,25,28). The molecule has 2 amide bonds. The largest absolute Gasteiger partial charge is 0.328 e. The molecule has 3 aromatic carbocycles. The fourth-order valence-corrected chi connectivity index (χ4v) is 3.09. The molecule has 0 unspecified atom stereocenters. The molecule has 3 aromatic rings. The predicted molar refractivity (Wildman–Crippen MR) is 114 cm³/mol. The van der Waals surface area contributed by atoms with Crippen LogP contribution in [0.15, 0.2) is 72.8 Å². The summed E-state index contributed by atoms with van der Waals surface area (Å²) >= 11 is 11.9. The first-order valence-corrected chi connectivity index (χ1v) is 9.46. The minimum atomic E-state index is -1.04. The third-order valence-corrected chi connectivity index (χ3v) is 4.61. The van der Waals surface area contributed by atoms with Crippen LogP contribution in [0.25, 0.3) is 0 Å². The first-order valence-electron chi connectivity index (χ1n) is 8.71. The van der Waals surface area contributed by atoms with E-state index in [4.69, 9.17) is 23.2 Å². The molecular weight excluding hydrogens is 429 g/mol. The van der Waals surface area contributed by atoms with E-state index in [0.29, 0.717) is 15.6 Å². The molecular formula is C21H15Cl2N3O4. The normalized spacial score (nSPS) is 10.5. The molecule has 0 radical (unpaired) electrons. The lowest BCUT2D eigenvalue weighted by molar-refractivity contribution is -0.384. The van der Waals surface area contributed by atoms with Crippen molar-refractivity contribution in [3.05, 3.63) is 110 Å². The van der Waals surface area contributed by atoms with Crippen molar-refractivity contribution < 1.29 is 14.5 Å². The summed E-state index contributed by atoms with van der Waals surface area (Å²) in [5, 5.41) is 17.2. The van der Waals surface area contributed by atoms with Gasteiger partial charge in [-0.25, -0.2) is 0 Å². The molecule has 2 N–H and O–H groups in total. The number of carbonyl (C=O) groups excluding carboxylic acids is 2. The monoisotopic (exact) mass is 443 g/mol. The van der Waals surface area contributed by atoms with Gasteiger partial charge in [-0.05, 0) is 36.4 Å². The van der Waals surface area contributed by atoms with E-state index in [1.54, 1.807) is 42.5 Å². The molecule has 0 atom stereocenters. The third-order valence-electron chi connectivity index (χ3n) is 4.14. The molecule has 0 aliphatic heterocycles. The van der Waals surface area contributed by atoms with E-state index in [1.807, 2.05) is 0 Å². The molecule has 0 bridgehead atoms. The molecule has 0 aliphatic rings. The number of carbonyl (C=O) groups is 2. The number of non-ortho nitro benzene ring substituents is 1. The second-order valence-electron chi connectivity index (χ2n) is 6.25. The Kier molecular flexibility index (Phi) is 6.66. The molecule has 0 spiro atoms. The molecule has 0 saturated carbocycles. The summed E-state index contributed by atoms with van der Waals surface area (Å²) in [6.07, 6.45) is -1.04. The highest BCUT2D eigenvalue weighted by Gasteiger charge is 2.21. The highest BCUT2D eigenvalue weighted by molar-refractivity contribution is 6.31. The fourth-order valence-electron chi connectivity index (χ4n) is 2.71. The minimum Gasteiger partial charge on any atom is -0.328 e. The van der Waals surface area contributed by atoms with Crippen molar-refractivity contribution in [1.82, 2.24) is 10.6 Å². The number of halogens is 2. The Hall–Kier alpha value is -3.42. The smallest absolute Gasteiger partial charge is 0.269 e. The Morgan fingerprint density at radius 1 is 0.800 bits per heavy atom. The highest BCUT2D eigenvalue weighted by atomic mass is 35.5. The van der Waals surface area contributed by atoms with E-state index in [0.717, 1.165) is 0 Å². The van der Waals surface area contributed by atoms with Crippen LogP contribution in [0.4, 0.5) is 5.69 Å². The maximum atomic E-state index is 12.7. The summed E-state index contributed by atoms with van der Waals surface area (Å²) in [6.45, 7) is 0. The van der Waals surface area contributed by atoms with Gasteiger partial charge in [0.2, 0.25) is 0 Å². The molecule has 9 heteroatoms. The molecule has 0 saturated heterocycles. The fraction of sp³-hybridized carbons (Fsp3) is 0.0476. The number of benzene rings is 3. The Balaban J connectivity index is 1.91. The molecule has 0 aliphatic carbocycles. The van der Waals surface area contributed by atoms with Crippen molar-refractivity contribution in [2.24, 2.45) is 0 Å². The number of amides is 2. The van der Waals surface area contributed by atoms with Crippen LogP contribution >= 0.6 is 23.2 Å². The van der Waals surface area contributed by atoms with Crippen LogP contribution in [0.1, 0.15) is 32.4 Å². The van der Waals surface area contributed by atoms with E-state index >= 15 is 0 Å². The zero-order valence-electron chi connectivity index (χ0n) is 15.3. The summed E-state index contributed by atoms with van der Waals surface area (Å²) in [5.74, 6) is -1.03. The lowest BCUT2D eigenvalue weighted by atomic mass is 10.1. The van der Waals surface area contributed by atoms with Crippen molar-refractivity contribution in [2.75, 3.05) is 0 Å². The van der Waals surface area contributed by atoms with E-state index < -0.39 is 22.9 Å². The van der Waals surface area contributed by atoms with Gasteiger partial charge < -0.3 is 10.6 Å². The van der Waals surface area contributed by atoms with Crippen LogP contribution in [0.5, 0.6) is 0 Å². The van der Waals surface area contributed by atoms with Crippen LogP contribution in [-0.4, -0.2) is 16.7 Å². The van der Waals surface area contributed by atoms with Crippen molar-refractivity contribution in [2.45, 2.75) is 6.17 Å². The van der Waals surface area contributed by atoms with E-state index in [-0.39, 0.29) is 16.8 Å². The molecule has 152 valence electrons. The first-order chi connectivity index (χ1) is 14.3. The van der Waals surface area contributed by atoms with E-state index in [9.17, 15) is 19.7 Å². The molecule has 7 nitrogen and oxygen atoms in total. The Labute approximate surface area is 181 Å². The Morgan fingerprint density at radius 3 is 1.77 bits per heavy atom. The van der Waals surface area contributed by atoms with Gasteiger partial charge in [-0.15, -0.1) is 0 Å². The van der Waals surface area contributed by atoms with Crippen LogP contribution in [0.2, 0.25) is 10.0 Å². The van der Waals surface area contributed by atoms with Gasteiger partial charge in [-0.1, -0.05) is 47.5 Å². The predicted octanol–water partition coefficient (Wildman–Crippen LogP) is 4.76. The average Bonchev–Trinajstić information content (AvgIpc) is 2.73. The highest BCUT2D eigenvalue weighted by Crippen LogP contribution is 2.20.